The monoisotopic (exact) mass is 362 g/mol. The van der Waals surface area contributed by atoms with E-state index in [-0.39, 0.29) is 17.5 Å². The molecule has 7 nitrogen and oxygen atoms in total. The van der Waals surface area contributed by atoms with Crippen molar-refractivity contribution >= 4 is 21.6 Å². The highest BCUT2D eigenvalue weighted by Gasteiger charge is 2.28. The zero-order chi connectivity index (χ0) is 17.7. The molecule has 0 spiro atoms. The van der Waals surface area contributed by atoms with Gasteiger partial charge in [-0.3, -0.25) is 0 Å². The zero-order valence-electron chi connectivity index (χ0n) is 14.1. The zero-order valence-corrected chi connectivity index (χ0v) is 14.9. The topological polar surface area (TPSA) is 93.2 Å². The van der Waals surface area contributed by atoms with Crippen molar-refractivity contribution < 1.29 is 13.2 Å². The molecule has 0 amide bonds. The lowest BCUT2D eigenvalue weighted by Crippen LogP contribution is -2.22. The number of nitrogens with zero attached hydrogens (tertiary/aromatic N) is 2. The van der Waals surface area contributed by atoms with Gasteiger partial charge in [-0.2, -0.15) is 4.98 Å². The van der Waals surface area contributed by atoms with Crippen LogP contribution < -0.4 is 10.6 Å². The van der Waals surface area contributed by atoms with Gasteiger partial charge in [0.2, 0.25) is 5.95 Å². The minimum atomic E-state index is -2.94. The van der Waals surface area contributed by atoms with Crippen LogP contribution in [0, 0.1) is 0 Å². The Morgan fingerprint density at radius 3 is 2.72 bits per heavy atom. The van der Waals surface area contributed by atoms with E-state index >= 15 is 0 Å². The summed E-state index contributed by atoms with van der Waals surface area (Å²) in [4.78, 5) is 9.00. The average molecular weight is 362 g/mol. The molecule has 0 radical (unpaired) electrons. The molecule has 1 atom stereocenters. The van der Waals surface area contributed by atoms with Gasteiger partial charge in [0.25, 0.3) is 0 Å². The van der Waals surface area contributed by atoms with Crippen molar-refractivity contribution in [3.63, 3.8) is 0 Å². The van der Waals surface area contributed by atoms with E-state index < -0.39 is 9.84 Å². The molecule has 1 aliphatic rings. The lowest BCUT2D eigenvalue weighted by atomic mass is 10.1. The maximum absolute atomic E-state index is 11.7. The summed E-state index contributed by atoms with van der Waals surface area (Å²) in [6.07, 6.45) is 0.597. The summed E-state index contributed by atoms with van der Waals surface area (Å²) < 4.78 is 28.4. The van der Waals surface area contributed by atoms with E-state index in [1.807, 2.05) is 36.4 Å². The molecule has 1 aromatic heterocycles. The molecule has 1 fully saturated rings. The molecule has 1 saturated heterocycles. The minimum absolute atomic E-state index is 0.115. The number of sulfone groups is 1. The van der Waals surface area contributed by atoms with Crippen molar-refractivity contribution in [1.29, 1.82) is 0 Å². The van der Waals surface area contributed by atoms with Crippen LogP contribution in [0.15, 0.2) is 36.4 Å². The second-order valence-corrected chi connectivity index (χ2v) is 8.22. The largest absolute Gasteiger partial charge is 0.383 e. The number of hydrogen-bond donors (Lipinski definition) is 2. The third kappa shape index (κ3) is 4.90. The van der Waals surface area contributed by atoms with Crippen LogP contribution in [0.3, 0.4) is 0 Å². The Balaban J connectivity index is 1.84. The summed E-state index contributed by atoms with van der Waals surface area (Å²) >= 11 is 0. The van der Waals surface area contributed by atoms with Gasteiger partial charge in [0, 0.05) is 31.3 Å². The maximum atomic E-state index is 11.7. The molecule has 2 aromatic rings. The van der Waals surface area contributed by atoms with Gasteiger partial charge in [0.05, 0.1) is 23.8 Å². The Morgan fingerprint density at radius 1 is 1.24 bits per heavy atom. The van der Waals surface area contributed by atoms with Crippen molar-refractivity contribution in [2.75, 3.05) is 42.4 Å². The van der Waals surface area contributed by atoms with E-state index in [1.54, 1.807) is 7.11 Å². The van der Waals surface area contributed by atoms with Gasteiger partial charge in [-0.1, -0.05) is 30.3 Å². The highest BCUT2D eigenvalue weighted by atomic mass is 32.2. The number of ether oxygens (including phenoxy) is 1. The first kappa shape index (κ1) is 17.6. The van der Waals surface area contributed by atoms with E-state index in [0.717, 1.165) is 11.3 Å². The number of rotatable bonds is 7. The van der Waals surface area contributed by atoms with Crippen LogP contribution in [-0.2, 0) is 14.6 Å². The van der Waals surface area contributed by atoms with Crippen molar-refractivity contribution in [2.24, 2.45) is 0 Å². The van der Waals surface area contributed by atoms with Crippen LogP contribution in [0.2, 0.25) is 0 Å². The summed E-state index contributed by atoms with van der Waals surface area (Å²) in [5, 5.41) is 6.37. The molecule has 0 aliphatic carbocycles. The first-order chi connectivity index (χ1) is 12.1. The summed E-state index contributed by atoms with van der Waals surface area (Å²) in [5.41, 5.74) is 1.75. The van der Waals surface area contributed by atoms with Gasteiger partial charge in [0.15, 0.2) is 9.84 Å². The smallest absolute Gasteiger partial charge is 0.225 e. The van der Waals surface area contributed by atoms with E-state index in [0.29, 0.717) is 31.3 Å². The van der Waals surface area contributed by atoms with Gasteiger partial charge in [0.1, 0.15) is 5.82 Å². The molecular formula is C17H22N4O3S. The van der Waals surface area contributed by atoms with Crippen LogP contribution in [0.1, 0.15) is 6.42 Å². The van der Waals surface area contributed by atoms with Crippen molar-refractivity contribution in [1.82, 2.24) is 9.97 Å². The predicted octanol–water partition coefficient (Wildman–Crippen LogP) is 1.80. The number of hydrogen-bond acceptors (Lipinski definition) is 7. The summed E-state index contributed by atoms with van der Waals surface area (Å²) in [7, 11) is -1.31. The Labute approximate surface area is 147 Å². The lowest BCUT2D eigenvalue weighted by molar-refractivity contribution is 0.210. The summed E-state index contributed by atoms with van der Waals surface area (Å²) in [6.45, 7) is 1.13. The fourth-order valence-corrected chi connectivity index (χ4v) is 4.41. The third-order valence-corrected chi connectivity index (χ3v) is 5.74. The second kappa shape index (κ2) is 7.79. The van der Waals surface area contributed by atoms with Crippen LogP contribution >= 0.6 is 0 Å². The average Bonchev–Trinajstić information content (AvgIpc) is 2.94. The highest BCUT2D eigenvalue weighted by Crippen LogP contribution is 2.23. The molecule has 1 unspecified atom stereocenters. The second-order valence-electron chi connectivity index (χ2n) is 5.99. The predicted molar refractivity (Wildman–Crippen MR) is 98.5 cm³/mol. The van der Waals surface area contributed by atoms with Crippen molar-refractivity contribution in [3.8, 4) is 11.3 Å². The number of methoxy groups -OCH3 is 1. The lowest BCUT2D eigenvalue weighted by Gasteiger charge is -2.14. The molecular weight excluding hydrogens is 340 g/mol. The Kier molecular flexibility index (Phi) is 5.50. The van der Waals surface area contributed by atoms with Crippen molar-refractivity contribution in [3.05, 3.63) is 36.4 Å². The highest BCUT2D eigenvalue weighted by molar-refractivity contribution is 7.91. The summed E-state index contributed by atoms with van der Waals surface area (Å²) in [6, 6.07) is 11.5. The first-order valence-electron chi connectivity index (χ1n) is 8.20. The maximum Gasteiger partial charge on any atom is 0.225 e. The van der Waals surface area contributed by atoms with Gasteiger partial charge in [-0.15, -0.1) is 0 Å². The molecule has 1 aliphatic heterocycles. The molecule has 8 heteroatoms. The molecule has 134 valence electrons. The van der Waals surface area contributed by atoms with Gasteiger partial charge >= 0.3 is 0 Å². The molecule has 3 rings (SSSR count). The quantitative estimate of drug-likeness (QED) is 0.726. The number of nitrogens with one attached hydrogen (secondary N) is 2. The van der Waals surface area contributed by atoms with Crippen LogP contribution in [0.4, 0.5) is 11.8 Å². The van der Waals surface area contributed by atoms with Gasteiger partial charge < -0.3 is 15.4 Å². The molecule has 0 saturated carbocycles. The first-order valence-corrected chi connectivity index (χ1v) is 10.0. The van der Waals surface area contributed by atoms with Crippen LogP contribution in [-0.4, -0.2) is 56.2 Å². The number of anilines is 2. The normalized spacial score (nSPS) is 18.8. The van der Waals surface area contributed by atoms with E-state index in [4.69, 9.17) is 4.74 Å². The Morgan fingerprint density at radius 2 is 2.04 bits per heavy atom. The van der Waals surface area contributed by atoms with Gasteiger partial charge in [-0.05, 0) is 6.42 Å². The SMILES string of the molecule is COCCNc1nc(NC2CCS(=O)(=O)C2)cc(-c2ccccc2)n1. The molecule has 25 heavy (non-hydrogen) atoms. The number of aromatic nitrogens is 2. The Bertz CT molecular complexity index is 812. The molecule has 2 N–H and O–H groups in total. The van der Waals surface area contributed by atoms with Gasteiger partial charge in [-0.25, -0.2) is 13.4 Å². The minimum Gasteiger partial charge on any atom is -0.383 e. The van der Waals surface area contributed by atoms with E-state index in [9.17, 15) is 8.42 Å². The van der Waals surface area contributed by atoms with Crippen LogP contribution in [0.25, 0.3) is 11.3 Å². The molecule has 0 bridgehead atoms. The number of benzene rings is 1. The standard InChI is InChI=1S/C17H22N4O3S/c1-24-9-8-18-17-20-15(13-5-3-2-4-6-13)11-16(21-17)19-14-7-10-25(22,23)12-14/h2-6,11,14H,7-10,12H2,1H3,(H2,18,19,20,21). The molecule has 2 heterocycles. The summed E-state index contributed by atoms with van der Waals surface area (Å²) in [5.74, 6) is 1.47. The third-order valence-electron chi connectivity index (χ3n) is 3.97. The fourth-order valence-electron chi connectivity index (χ4n) is 2.74. The molecule has 1 aromatic carbocycles. The fraction of sp³-hybridized carbons (Fsp3) is 0.412. The van der Waals surface area contributed by atoms with Crippen LogP contribution in [0.5, 0.6) is 0 Å². The van der Waals surface area contributed by atoms with Crippen molar-refractivity contribution in [2.45, 2.75) is 12.5 Å². The van der Waals surface area contributed by atoms with E-state index in [2.05, 4.69) is 20.6 Å². The van der Waals surface area contributed by atoms with E-state index in [1.165, 1.54) is 0 Å². The Hall–Kier alpha value is -2.19.